The number of hydrogen-bond donors (Lipinski definition) is 0. The number of amides is 1. The van der Waals surface area contributed by atoms with Crippen LogP contribution in [0.1, 0.15) is 25.2 Å². The molecule has 1 atom stereocenters. The van der Waals surface area contributed by atoms with E-state index in [9.17, 15) is 9.59 Å². The molecule has 0 saturated carbocycles. The van der Waals surface area contributed by atoms with Crippen LogP contribution in [0.25, 0.3) is 16.6 Å². The van der Waals surface area contributed by atoms with Crippen LogP contribution in [0.2, 0.25) is 0 Å². The molecule has 0 aliphatic carbocycles. The lowest BCUT2D eigenvalue weighted by Crippen LogP contribution is -2.38. The highest BCUT2D eigenvalue weighted by atomic mass is 16.5. The molecule has 1 unspecified atom stereocenters. The highest BCUT2D eigenvalue weighted by Crippen LogP contribution is 2.28. The SMILES string of the molecule is CCC(c1nc2ccccc2c(=O)n1-c1ccccc1OC)N(C)C(=O)COc1ccccc1. The van der Waals surface area contributed by atoms with Crippen molar-refractivity contribution in [1.82, 2.24) is 14.5 Å². The molecule has 7 nitrogen and oxygen atoms in total. The summed E-state index contributed by atoms with van der Waals surface area (Å²) in [5.41, 5.74) is 0.932. The smallest absolute Gasteiger partial charge is 0.266 e. The van der Waals surface area contributed by atoms with Crippen molar-refractivity contribution in [1.29, 1.82) is 0 Å². The molecule has 0 bridgehead atoms. The van der Waals surface area contributed by atoms with E-state index in [-0.39, 0.29) is 18.1 Å². The van der Waals surface area contributed by atoms with Crippen LogP contribution in [0.3, 0.4) is 0 Å². The second-order valence-corrected chi connectivity index (χ2v) is 7.83. The number of carbonyl (C=O) groups is 1. The molecule has 0 spiro atoms. The fraction of sp³-hybridized carbons (Fsp3) is 0.222. The van der Waals surface area contributed by atoms with E-state index < -0.39 is 6.04 Å². The summed E-state index contributed by atoms with van der Waals surface area (Å²) < 4.78 is 12.8. The summed E-state index contributed by atoms with van der Waals surface area (Å²) in [6.45, 7) is 1.84. The molecular formula is C27H27N3O4. The van der Waals surface area contributed by atoms with E-state index in [0.717, 1.165) is 0 Å². The van der Waals surface area contributed by atoms with Crippen LogP contribution in [0.4, 0.5) is 0 Å². The number of ether oxygens (including phenoxy) is 2. The van der Waals surface area contributed by atoms with E-state index in [1.165, 1.54) is 0 Å². The molecule has 0 saturated heterocycles. The monoisotopic (exact) mass is 457 g/mol. The number of fused-ring (bicyclic) bond motifs is 1. The van der Waals surface area contributed by atoms with Gasteiger partial charge in [-0.1, -0.05) is 49.4 Å². The quantitative estimate of drug-likeness (QED) is 0.393. The number of methoxy groups -OCH3 is 1. The molecular weight excluding hydrogens is 430 g/mol. The zero-order chi connectivity index (χ0) is 24.1. The fourth-order valence-electron chi connectivity index (χ4n) is 3.99. The third-order valence-corrected chi connectivity index (χ3v) is 5.78. The normalized spacial score (nSPS) is 11.7. The summed E-state index contributed by atoms with van der Waals surface area (Å²) in [5.74, 6) is 1.40. The average Bonchev–Trinajstić information content (AvgIpc) is 2.88. The number of carbonyl (C=O) groups excluding carboxylic acids is 1. The van der Waals surface area contributed by atoms with E-state index in [1.54, 1.807) is 54.0 Å². The van der Waals surface area contributed by atoms with Gasteiger partial charge in [0.2, 0.25) is 0 Å². The maximum absolute atomic E-state index is 13.7. The van der Waals surface area contributed by atoms with Crippen molar-refractivity contribution < 1.29 is 14.3 Å². The number of likely N-dealkylation sites (N-methyl/N-ethyl adjacent to an activating group) is 1. The Morgan fingerprint density at radius 3 is 2.41 bits per heavy atom. The first kappa shape index (κ1) is 23.0. The summed E-state index contributed by atoms with van der Waals surface area (Å²) in [6.07, 6.45) is 0.549. The van der Waals surface area contributed by atoms with Crippen LogP contribution in [0.5, 0.6) is 11.5 Å². The topological polar surface area (TPSA) is 73.7 Å². The van der Waals surface area contributed by atoms with E-state index in [4.69, 9.17) is 14.5 Å². The number of nitrogens with zero attached hydrogens (tertiary/aromatic N) is 3. The van der Waals surface area contributed by atoms with Gasteiger partial charge in [-0.15, -0.1) is 0 Å². The van der Waals surface area contributed by atoms with Gasteiger partial charge in [0.15, 0.2) is 6.61 Å². The predicted octanol–water partition coefficient (Wildman–Crippen LogP) is 4.38. The molecule has 4 aromatic rings. The first-order valence-electron chi connectivity index (χ1n) is 11.1. The number of para-hydroxylation sites is 4. The fourth-order valence-corrected chi connectivity index (χ4v) is 3.99. The van der Waals surface area contributed by atoms with Crippen molar-refractivity contribution >= 4 is 16.8 Å². The second-order valence-electron chi connectivity index (χ2n) is 7.83. The summed E-state index contributed by atoms with van der Waals surface area (Å²) >= 11 is 0. The summed E-state index contributed by atoms with van der Waals surface area (Å²) in [5, 5.41) is 0.494. The highest BCUT2D eigenvalue weighted by Gasteiger charge is 2.27. The molecule has 0 N–H and O–H groups in total. The second kappa shape index (κ2) is 10.2. The van der Waals surface area contributed by atoms with E-state index in [0.29, 0.717) is 40.3 Å². The molecule has 0 aliphatic heterocycles. The van der Waals surface area contributed by atoms with Crippen LogP contribution < -0.4 is 15.0 Å². The van der Waals surface area contributed by atoms with E-state index in [2.05, 4.69) is 0 Å². The van der Waals surface area contributed by atoms with Crippen molar-refractivity contribution in [2.24, 2.45) is 0 Å². The van der Waals surface area contributed by atoms with E-state index >= 15 is 0 Å². The molecule has 1 aromatic heterocycles. The molecule has 0 radical (unpaired) electrons. The minimum atomic E-state index is -0.464. The third kappa shape index (κ3) is 4.50. The van der Waals surface area contributed by atoms with Crippen LogP contribution in [0.15, 0.2) is 83.7 Å². The Hall–Kier alpha value is -4.13. The van der Waals surface area contributed by atoms with Gasteiger partial charge in [0.1, 0.15) is 17.3 Å². The summed E-state index contributed by atoms with van der Waals surface area (Å²) in [4.78, 5) is 33.2. The molecule has 4 rings (SSSR count). The first-order chi connectivity index (χ1) is 16.5. The number of rotatable bonds is 8. The van der Waals surface area contributed by atoms with Crippen LogP contribution in [-0.4, -0.2) is 41.1 Å². The Balaban J connectivity index is 1.79. The number of aromatic nitrogens is 2. The van der Waals surface area contributed by atoms with Gasteiger partial charge >= 0.3 is 0 Å². The number of hydrogen-bond acceptors (Lipinski definition) is 5. The van der Waals surface area contributed by atoms with Crippen LogP contribution >= 0.6 is 0 Å². The summed E-state index contributed by atoms with van der Waals surface area (Å²) in [6, 6.07) is 23.2. The van der Waals surface area contributed by atoms with Gasteiger partial charge in [0.05, 0.1) is 29.7 Å². The van der Waals surface area contributed by atoms with Crippen LogP contribution in [0, 0.1) is 0 Å². The molecule has 1 amide bonds. The Labute approximate surface area is 198 Å². The molecule has 174 valence electrons. The predicted molar refractivity (Wildman–Crippen MR) is 132 cm³/mol. The van der Waals surface area contributed by atoms with Gasteiger partial charge in [-0.2, -0.15) is 0 Å². The van der Waals surface area contributed by atoms with Gasteiger partial charge in [0, 0.05) is 7.05 Å². The molecule has 7 heteroatoms. The Kier molecular flexibility index (Phi) is 6.92. The highest BCUT2D eigenvalue weighted by molar-refractivity contribution is 5.79. The Morgan fingerprint density at radius 1 is 1.00 bits per heavy atom. The average molecular weight is 458 g/mol. The maximum atomic E-state index is 13.7. The van der Waals surface area contributed by atoms with Crippen molar-refractivity contribution in [2.45, 2.75) is 19.4 Å². The minimum absolute atomic E-state index is 0.122. The van der Waals surface area contributed by atoms with Gasteiger partial charge in [-0.3, -0.25) is 14.2 Å². The van der Waals surface area contributed by atoms with Crippen molar-refractivity contribution in [3.8, 4) is 17.2 Å². The number of benzene rings is 3. The molecule has 1 heterocycles. The van der Waals surface area contributed by atoms with Gasteiger partial charge in [-0.25, -0.2) is 4.98 Å². The lowest BCUT2D eigenvalue weighted by molar-refractivity contribution is -0.134. The lowest BCUT2D eigenvalue weighted by atomic mass is 10.1. The van der Waals surface area contributed by atoms with Gasteiger partial charge < -0.3 is 14.4 Å². The van der Waals surface area contributed by atoms with Crippen molar-refractivity contribution in [3.63, 3.8) is 0 Å². The maximum Gasteiger partial charge on any atom is 0.266 e. The zero-order valence-electron chi connectivity index (χ0n) is 19.5. The first-order valence-corrected chi connectivity index (χ1v) is 11.1. The molecule has 34 heavy (non-hydrogen) atoms. The summed E-state index contributed by atoms with van der Waals surface area (Å²) in [7, 11) is 3.27. The zero-order valence-corrected chi connectivity index (χ0v) is 19.5. The largest absolute Gasteiger partial charge is 0.495 e. The minimum Gasteiger partial charge on any atom is -0.495 e. The molecule has 0 fully saturated rings. The van der Waals surface area contributed by atoms with Crippen molar-refractivity contribution in [3.05, 3.63) is 95.0 Å². The molecule has 3 aromatic carbocycles. The Bertz CT molecular complexity index is 1350. The lowest BCUT2D eigenvalue weighted by Gasteiger charge is -2.29. The van der Waals surface area contributed by atoms with Crippen molar-refractivity contribution in [2.75, 3.05) is 20.8 Å². The van der Waals surface area contributed by atoms with E-state index in [1.807, 2.05) is 55.5 Å². The van der Waals surface area contributed by atoms with Crippen LogP contribution in [-0.2, 0) is 4.79 Å². The standard InChI is InChI=1S/C27H27N3O4/c1-4-22(29(2)25(31)18-34-19-12-6-5-7-13-19)26-28-21-15-9-8-14-20(21)27(32)30(26)23-16-10-11-17-24(23)33-3/h5-17,22H,4,18H2,1-3H3. The molecule has 0 aliphatic rings. The van der Waals surface area contributed by atoms with Gasteiger partial charge in [0.25, 0.3) is 11.5 Å². The third-order valence-electron chi connectivity index (χ3n) is 5.78. The van der Waals surface area contributed by atoms with Gasteiger partial charge in [-0.05, 0) is 42.8 Å². The Morgan fingerprint density at radius 2 is 1.68 bits per heavy atom.